The number of aromatic nitrogens is 1. The molecular formula is C14H23N3O. The molecule has 18 heavy (non-hydrogen) atoms. The van der Waals surface area contributed by atoms with E-state index in [0.29, 0.717) is 12.5 Å². The summed E-state index contributed by atoms with van der Waals surface area (Å²) in [5, 5.41) is 3.29. The second-order valence-corrected chi connectivity index (χ2v) is 4.97. The first kappa shape index (κ1) is 13.3. The molecule has 4 heteroatoms. The normalized spacial score (nSPS) is 20.9. The lowest BCUT2D eigenvalue weighted by Crippen LogP contribution is -2.31. The minimum Gasteiger partial charge on any atom is -0.383 e. The van der Waals surface area contributed by atoms with Gasteiger partial charge in [-0.1, -0.05) is 6.07 Å². The molecule has 0 aromatic carbocycles. The van der Waals surface area contributed by atoms with Gasteiger partial charge in [0.15, 0.2) is 0 Å². The van der Waals surface area contributed by atoms with Gasteiger partial charge < -0.3 is 15.0 Å². The fraction of sp³-hybridized carbons (Fsp3) is 0.643. The number of piperidine rings is 1. The maximum atomic E-state index is 5.03. The number of hydrogen-bond acceptors (Lipinski definition) is 4. The number of hydrogen-bond donors (Lipinski definition) is 1. The summed E-state index contributed by atoms with van der Waals surface area (Å²) in [5.41, 5.74) is 1.21. The Hall–Kier alpha value is -1.13. The molecule has 1 saturated heterocycles. The van der Waals surface area contributed by atoms with Crippen molar-refractivity contribution in [3.05, 3.63) is 23.9 Å². The van der Waals surface area contributed by atoms with E-state index in [1.165, 1.54) is 25.1 Å². The molecule has 4 nitrogen and oxygen atoms in total. The van der Waals surface area contributed by atoms with Crippen LogP contribution in [0.4, 0.5) is 5.82 Å². The highest BCUT2D eigenvalue weighted by molar-refractivity contribution is 5.36. The average Bonchev–Trinajstić information content (AvgIpc) is 2.39. The largest absolute Gasteiger partial charge is 0.383 e. The molecule has 1 aromatic heterocycles. The highest BCUT2D eigenvalue weighted by atomic mass is 16.5. The van der Waals surface area contributed by atoms with Crippen LogP contribution in [0.3, 0.4) is 0 Å². The lowest BCUT2D eigenvalue weighted by Gasteiger charge is -2.29. The number of nitrogens with zero attached hydrogens (tertiary/aromatic N) is 2. The number of rotatable bonds is 5. The van der Waals surface area contributed by atoms with Gasteiger partial charge in [0.2, 0.25) is 0 Å². The molecule has 1 aliphatic heterocycles. The minimum atomic E-state index is 0.577. The van der Waals surface area contributed by atoms with E-state index in [-0.39, 0.29) is 0 Å². The van der Waals surface area contributed by atoms with Crippen molar-refractivity contribution >= 4 is 5.82 Å². The molecule has 0 aliphatic carbocycles. The summed E-state index contributed by atoms with van der Waals surface area (Å²) in [4.78, 5) is 7.10. The third-order valence-electron chi connectivity index (χ3n) is 3.43. The Morgan fingerprint density at radius 3 is 3.17 bits per heavy atom. The van der Waals surface area contributed by atoms with Crippen molar-refractivity contribution in [2.75, 3.05) is 45.7 Å². The van der Waals surface area contributed by atoms with E-state index in [4.69, 9.17) is 9.72 Å². The van der Waals surface area contributed by atoms with Crippen LogP contribution in [0.5, 0.6) is 0 Å². The van der Waals surface area contributed by atoms with Crippen molar-refractivity contribution in [2.24, 2.45) is 0 Å². The molecule has 2 rings (SSSR count). The second-order valence-electron chi connectivity index (χ2n) is 4.97. The van der Waals surface area contributed by atoms with Gasteiger partial charge in [0.1, 0.15) is 5.82 Å². The smallest absolute Gasteiger partial charge is 0.126 e. The van der Waals surface area contributed by atoms with Crippen molar-refractivity contribution in [3.8, 4) is 0 Å². The number of nitrogens with one attached hydrogen (secondary N) is 1. The number of likely N-dealkylation sites (N-methyl/N-ethyl adjacent to an activating group) is 1. The van der Waals surface area contributed by atoms with E-state index < -0.39 is 0 Å². The zero-order valence-electron chi connectivity index (χ0n) is 11.4. The number of methoxy groups -OCH3 is 1. The SMILES string of the molecule is COCCNc1cccc(C2CCCN(C)C2)n1. The van der Waals surface area contributed by atoms with Crippen LogP contribution < -0.4 is 5.32 Å². The van der Waals surface area contributed by atoms with Gasteiger partial charge in [0, 0.05) is 31.8 Å². The number of likely N-dealkylation sites (tertiary alicyclic amines) is 1. The van der Waals surface area contributed by atoms with Gasteiger partial charge in [-0.25, -0.2) is 4.98 Å². The quantitative estimate of drug-likeness (QED) is 0.809. The molecule has 0 radical (unpaired) electrons. The Bertz CT molecular complexity index is 370. The number of ether oxygens (including phenoxy) is 1. The van der Waals surface area contributed by atoms with E-state index in [1.807, 2.05) is 6.07 Å². The van der Waals surface area contributed by atoms with Gasteiger partial charge >= 0.3 is 0 Å². The van der Waals surface area contributed by atoms with E-state index in [0.717, 1.165) is 18.9 Å². The van der Waals surface area contributed by atoms with Crippen LogP contribution in [0.1, 0.15) is 24.5 Å². The van der Waals surface area contributed by atoms with Crippen LogP contribution in [0.2, 0.25) is 0 Å². The van der Waals surface area contributed by atoms with Crippen molar-refractivity contribution in [1.82, 2.24) is 9.88 Å². The van der Waals surface area contributed by atoms with Crippen molar-refractivity contribution in [3.63, 3.8) is 0 Å². The fourth-order valence-electron chi connectivity index (χ4n) is 2.47. The standard InChI is InChI=1S/C14H23N3O/c1-17-9-4-5-12(11-17)13-6-3-7-14(16-13)15-8-10-18-2/h3,6-7,12H,4-5,8-11H2,1-2H3,(H,15,16). The molecule has 0 amide bonds. The zero-order chi connectivity index (χ0) is 12.8. The lowest BCUT2D eigenvalue weighted by atomic mass is 9.95. The fourth-order valence-corrected chi connectivity index (χ4v) is 2.47. The van der Waals surface area contributed by atoms with Crippen molar-refractivity contribution in [2.45, 2.75) is 18.8 Å². The highest BCUT2D eigenvalue weighted by Crippen LogP contribution is 2.25. The van der Waals surface area contributed by atoms with E-state index in [9.17, 15) is 0 Å². The summed E-state index contributed by atoms with van der Waals surface area (Å²) < 4.78 is 5.03. The third kappa shape index (κ3) is 3.68. The van der Waals surface area contributed by atoms with E-state index in [1.54, 1.807) is 7.11 Å². The summed E-state index contributed by atoms with van der Waals surface area (Å²) in [6, 6.07) is 6.25. The summed E-state index contributed by atoms with van der Waals surface area (Å²) in [5.74, 6) is 1.53. The van der Waals surface area contributed by atoms with Gasteiger partial charge in [-0.05, 0) is 38.6 Å². The van der Waals surface area contributed by atoms with Crippen LogP contribution in [0.15, 0.2) is 18.2 Å². The molecule has 0 bridgehead atoms. The summed E-state index contributed by atoms with van der Waals surface area (Å²) in [6.45, 7) is 3.84. The first-order chi connectivity index (χ1) is 8.79. The molecular weight excluding hydrogens is 226 g/mol. The molecule has 1 unspecified atom stereocenters. The predicted molar refractivity (Wildman–Crippen MR) is 74.1 cm³/mol. The Morgan fingerprint density at radius 2 is 2.39 bits per heavy atom. The predicted octanol–water partition coefficient (Wildman–Crippen LogP) is 1.95. The van der Waals surface area contributed by atoms with Gasteiger partial charge in [-0.15, -0.1) is 0 Å². The Labute approximate surface area is 109 Å². The zero-order valence-corrected chi connectivity index (χ0v) is 11.4. The van der Waals surface area contributed by atoms with Crippen LogP contribution in [0, 0.1) is 0 Å². The minimum absolute atomic E-state index is 0.577. The van der Waals surface area contributed by atoms with Crippen LogP contribution >= 0.6 is 0 Å². The van der Waals surface area contributed by atoms with Crippen LogP contribution in [-0.2, 0) is 4.74 Å². The topological polar surface area (TPSA) is 37.4 Å². The van der Waals surface area contributed by atoms with Crippen LogP contribution in [-0.4, -0.2) is 50.3 Å². The average molecular weight is 249 g/mol. The maximum absolute atomic E-state index is 5.03. The summed E-state index contributed by atoms with van der Waals surface area (Å²) >= 11 is 0. The monoisotopic (exact) mass is 249 g/mol. The molecule has 1 atom stereocenters. The molecule has 1 N–H and O–H groups in total. The first-order valence-corrected chi connectivity index (χ1v) is 6.68. The van der Waals surface area contributed by atoms with Crippen molar-refractivity contribution < 1.29 is 4.74 Å². The van der Waals surface area contributed by atoms with Crippen LogP contribution in [0.25, 0.3) is 0 Å². The lowest BCUT2D eigenvalue weighted by molar-refractivity contribution is 0.210. The van der Waals surface area contributed by atoms with Gasteiger partial charge in [-0.2, -0.15) is 0 Å². The van der Waals surface area contributed by atoms with Gasteiger partial charge in [0.25, 0.3) is 0 Å². The molecule has 0 spiro atoms. The highest BCUT2D eigenvalue weighted by Gasteiger charge is 2.19. The molecule has 1 fully saturated rings. The third-order valence-corrected chi connectivity index (χ3v) is 3.43. The number of pyridine rings is 1. The maximum Gasteiger partial charge on any atom is 0.126 e. The Kier molecular flexibility index (Phi) is 4.96. The molecule has 2 heterocycles. The number of anilines is 1. The molecule has 0 saturated carbocycles. The summed E-state index contributed by atoms with van der Waals surface area (Å²) in [6.07, 6.45) is 2.52. The second kappa shape index (κ2) is 6.71. The van der Waals surface area contributed by atoms with Crippen molar-refractivity contribution in [1.29, 1.82) is 0 Å². The molecule has 1 aromatic rings. The van der Waals surface area contributed by atoms with Gasteiger partial charge in [0.05, 0.1) is 6.61 Å². The molecule has 100 valence electrons. The van der Waals surface area contributed by atoms with E-state index >= 15 is 0 Å². The van der Waals surface area contributed by atoms with Gasteiger partial charge in [-0.3, -0.25) is 0 Å². The summed E-state index contributed by atoms with van der Waals surface area (Å²) in [7, 11) is 3.90. The molecule has 1 aliphatic rings. The first-order valence-electron chi connectivity index (χ1n) is 6.68. The Morgan fingerprint density at radius 1 is 1.50 bits per heavy atom. The van der Waals surface area contributed by atoms with E-state index in [2.05, 4.69) is 29.4 Å². The Balaban J connectivity index is 1.97.